The van der Waals surface area contributed by atoms with Gasteiger partial charge in [0, 0.05) is 44.4 Å². The Morgan fingerprint density at radius 3 is 2.90 bits per heavy atom. The molecule has 0 aromatic heterocycles. The fraction of sp³-hybridized carbons (Fsp3) is 0.571. The van der Waals surface area contributed by atoms with Crippen LogP contribution in [0.25, 0.3) is 0 Å². The molecule has 1 unspecified atom stereocenters. The maximum atomic E-state index is 10.7. The highest BCUT2D eigenvalue weighted by molar-refractivity contribution is 5.34. The predicted octanol–water partition coefficient (Wildman–Crippen LogP) is 1.41. The standard InChI is InChI=1S/C14H21N3O3/c1-12(11-16-5-7-20-8-6-16)15-10-13-3-2-4-14(9-13)17(18)19/h2-4,9,12,15H,5-8,10-11H2,1H3. The normalized spacial score (nSPS) is 17.9. The van der Waals surface area contributed by atoms with Crippen molar-refractivity contribution in [3.63, 3.8) is 0 Å². The van der Waals surface area contributed by atoms with Crippen LogP contribution in [-0.2, 0) is 11.3 Å². The summed E-state index contributed by atoms with van der Waals surface area (Å²) in [6.45, 7) is 7.30. The summed E-state index contributed by atoms with van der Waals surface area (Å²) < 4.78 is 5.32. The topological polar surface area (TPSA) is 67.6 Å². The first-order valence-electron chi connectivity index (χ1n) is 6.92. The average molecular weight is 279 g/mol. The van der Waals surface area contributed by atoms with Crippen LogP contribution in [0.3, 0.4) is 0 Å². The van der Waals surface area contributed by atoms with Gasteiger partial charge < -0.3 is 10.1 Å². The van der Waals surface area contributed by atoms with Crippen LogP contribution in [0.4, 0.5) is 5.69 Å². The lowest BCUT2D eigenvalue weighted by molar-refractivity contribution is -0.384. The van der Waals surface area contributed by atoms with Gasteiger partial charge in [-0.05, 0) is 12.5 Å². The number of benzene rings is 1. The molecule has 0 bridgehead atoms. The molecule has 1 atom stereocenters. The average Bonchev–Trinajstić information content (AvgIpc) is 2.46. The highest BCUT2D eigenvalue weighted by Crippen LogP contribution is 2.13. The fourth-order valence-electron chi connectivity index (χ4n) is 2.31. The summed E-state index contributed by atoms with van der Waals surface area (Å²) in [5.74, 6) is 0. The predicted molar refractivity (Wildman–Crippen MR) is 76.7 cm³/mol. The summed E-state index contributed by atoms with van der Waals surface area (Å²) >= 11 is 0. The lowest BCUT2D eigenvalue weighted by atomic mass is 10.2. The molecule has 1 N–H and O–H groups in total. The van der Waals surface area contributed by atoms with Crippen molar-refractivity contribution < 1.29 is 9.66 Å². The van der Waals surface area contributed by atoms with E-state index in [1.807, 2.05) is 6.07 Å². The SMILES string of the molecule is CC(CN1CCOCC1)NCc1cccc([N+](=O)[O-])c1. The van der Waals surface area contributed by atoms with E-state index in [9.17, 15) is 10.1 Å². The molecule has 1 aromatic carbocycles. The Kier molecular flexibility index (Phi) is 5.46. The second kappa shape index (κ2) is 7.33. The highest BCUT2D eigenvalue weighted by Gasteiger charge is 2.13. The number of ether oxygens (including phenoxy) is 1. The van der Waals surface area contributed by atoms with Crippen LogP contribution in [0, 0.1) is 10.1 Å². The van der Waals surface area contributed by atoms with Crippen LogP contribution < -0.4 is 5.32 Å². The molecule has 0 spiro atoms. The summed E-state index contributed by atoms with van der Waals surface area (Å²) in [4.78, 5) is 12.7. The van der Waals surface area contributed by atoms with Crippen molar-refractivity contribution in [1.29, 1.82) is 0 Å². The van der Waals surface area contributed by atoms with E-state index < -0.39 is 0 Å². The molecule has 1 heterocycles. The van der Waals surface area contributed by atoms with Gasteiger partial charge in [-0.3, -0.25) is 15.0 Å². The molecule has 1 saturated heterocycles. The van der Waals surface area contributed by atoms with Crippen molar-refractivity contribution >= 4 is 5.69 Å². The largest absolute Gasteiger partial charge is 0.379 e. The van der Waals surface area contributed by atoms with Crippen LogP contribution in [0.2, 0.25) is 0 Å². The lowest BCUT2D eigenvalue weighted by Crippen LogP contribution is -2.44. The van der Waals surface area contributed by atoms with E-state index in [2.05, 4.69) is 17.1 Å². The van der Waals surface area contributed by atoms with E-state index in [4.69, 9.17) is 4.74 Å². The third kappa shape index (κ3) is 4.56. The monoisotopic (exact) mass is 279 g/mol. The van der Waals surface area contributed by atoms with Crippen LogP contribution in [0.15, 0.2) is 24.3 Å². The molecule has 6 heteroatoms. The number of nitrogens with one attached hydrogen (secondary N) is 1. The third-order valence-corrected chi connectivity index (χ3v) is 3.41. The summed E-state index contributed by atoms with van der Waals surface area (Å²) in [6, 6.07) is 7.10. The van der Waals surface area contributed by atoms with Gasteiger partial charge in [0.15, 0.2) is 0 Å². The van der Waals surface area contributed by atoms with Crippen molar-refractivity contribution in [1.82, 2.24) is 10.2 Å². The van der Waals surface area contributed by atoms with Gasteiger partial charge in [-0.15, -0.1) is 0 Å². The highest BCUT2D eigenvalue weighted by atomic mass is 16.6. The Labute approximate surface area is 118 Å². The minimum absolute atomic E-state index is 0.144. The van der Waals surface area contributed by atoms with E-state index in [1.54, 1.807) is 12.1 Å². The van der Waals surface area contributed by atoms with Crippen molar-refractivity contribution in [2.45, 2.75) is 19.5 Å². The Morgan fingerprint density at radius 2 is 2.20 bits per heavy atom. The molecule has 110 valence electrons. The molecule has 0 saturated carbocycles. The Bertz CT molecular complexity index is 447. The molecular formula is C14H21N3O3. The first-order chi connectivity index (χ1) is 9.65. The zero-order valence-corrected chi connectivity index (χ0v) is 11.7. The van der Waals surface area contributed by atoms with Crippen molar-refractivity contribution in [2.24, 2.45) is 0 Å². The molecule has 0 aliphatic carbocycles. The minimum Gasteiger partial charge on any atom is -0.379 e. The number of hydrogen-bond donors (Lipinski definition) is 1. The number of morpholine rings is 1. The van der Waals surface area contributed by atoms with Gasteiger partial charge in [0.1, 0.15) is 0 Å². The maximum Gasteiger partial charge on any atom is 0.269 e. The van der Waals surface area contributed by atoms with Gasteiger partial charge in [0.25, 0.3) is 5.69 Å². The molecule has 1 aromatic rings. The van der Waals surface area contributed by atoms with Crippen LogP contribution in [0.5, 0.6) is 0 Å². The quantitative estimate of drug-likeness (QED) is 0.630. The number of non-ortho nitro benzene ring substituents is 1. The lowest BCUT2D eigenvalue weighted by Gasteiger charge is -2.29. The summed E-state index contributed by atoms with van der Waals surface area (Å²) in [7, 11) is 0. The van der Waals surface area contributed by atoms with Crippen molar-refractivity contribution in [3.05, 3.63) is 39.9 Å². The van der Waals surface area contributed by atoms with Crippen molar-refractivity contribution in [2.75, 3.05) is 32.8 Å². The summed E-state index contributed by atoms with van der Waals surface area (Å²) in [6.07, 6.45) is 0. The minimum atomic E-state index is -0.360. The van der Waals surface area contributed by atoms with Gasteiger partial charge in [0.2, 0.25) is 0 Å². The third-order valence-electron chi connectivity index (χ3n) is 3.41. The molecule has 6 nitrogen and oxygen atoms in total. The number of nitro benzene ring substituents is 1. The fourth-order valence-corrected chi connectivity index (χ4v) is 2.31. The molecule has 0 radical (unpaired) electrons. The van der Waals surface area contributed by atoms with E-state index in [-0.39, 0.29) is 10.6 Å². The molecule has 1 aliphatic rings. The van der Waals surface area contributed by atoms with E-state index in [0.29, 0.717) is 12.6 Å². The number of nitro groups is 1. The number of rotatable bonds is 6. The maximum absolute atomic E-state index is 10.7. The molecule has 1 fully saturated rings. The van der Waals surface area contributed by atoms with Gasteiger partial charge in [-0.2, -0.15) is 0 Å². The second-order valence-electron chi connectivity index (χ2n) is 5.12. The van der Waals surface area contributed by atoms with Crippen LogP contribution in [0.1, 0.15) is 12.5 Å². The van der Waals surface area contributed by atoms with Gasteiger partial charge in [0.05, 0.1) is 18.1 Å². The summed E-state index contributed by atoms with van der Waals surface area (Å²) in [5, 5.41) is 14.1. The smallest absolute Gasteiger partial charge is 0.269 e. The van der Waals surface area contributed by atoms with Crippen LogP contribution in [-0.4, -0.2) is 48.7 Å². The van der Waals surface area contributed by atoms with Crippen LogP contribution >= 0.6 is 0 Å². The van der Waals surface area contributed by atoms with E-state index in [0.717, 1.165) is 38.4 Å². The van der Waals surface area contributed by atoms with E-state index in [1.165, 1.54) is 6.07 Å². The first kappa shape index (κ1) is 14.9. The van der Waals surface area contributed by atoms with E-state index >= 15 is 0 Å². The number of hydrogen-bond acceptors (Lipinski definition) is 5. The van der Waals surface area contributed by atoms with Crippen molar-refractivity contribution in [3.8, 4) is 0 Å². The second-order valence-corrected chi connectivity index (χ2v) is 5.12. The molecule has 2 rings (SSSR count). The molecule has 20 heavy (non-hydrogen) atoms. The van der Waals surface area contributed by atoms with Gasteiger partial charge in [-0.1, -0.05) is 12.1 Å². The Balaban J connectivity index is 1.78. The summed E-state index contributed by atoms with van der Waals surface area (Å²) in [5.41, 5.74) is 1.08. The zero-order valence-electron chi connectivity index (χ0n) is 11.7. The Hall–Kier alpha value is -1.50. The Morgan fingerprint density at radius 1 is 1.45 bits per heavy atom. The molecular weight excluding hydrogens is 258 g/mol. The molecule has 1 aliphatic heterocycles. The number of nitrogens with zero attached hydrogens (tertiary/aromatic N) is 2. The molecule has 0 amide bonds. The first-order valence-corrected chi connectivity index (χ1v) is 6.92. The van der Waals surface area contributed by atoms with Gasteiger partial charge >= 0.3 is 0 Å². The van der Waals surface area contributed by atoms with Gasteiger partial charge in [-0.25, -0.2) is 0 Å². The zero-order chi connectivity index (χ0) is 14.4.